The van der Waals surface area contributed by atoms with Crippen LogP contribution in [0.1, 0.15) is 47.8 Å². The molecule has 220 valence electrons. The van der Waals surface area contributed by atoms with E-state index in [2.05, 4.69) is 39.7 Å². The maximum Gasteiger partial charge on any atom is 0.318 e. The van der Waals surface area contributed by atoms with Crippen LogP contribution < -0.4 is 9.64 Å². The van der Waals surface area contributed by atoms with Crippen LogP contribution in [-0.2, 0) is 22.6 Å². The second kappa shape index (κ2) is 11.9. The third-order valence-electron chi connectivity index (χ3n) is 8.73. The number of hydrogen-bond donors (Lipinski definition) is 1. The van der Waals surface area contributed by atoms with E-state index >= 15 is 0 Å². The third-order valence-corrected chi connectivity index (χ3v) is 9.23. The zero-order valence-corrected chi connectivity index (χ0v) is 24.7. The Morgan fingerprint density at radius 2 is 2.19 bits per heavy atom. The topological polar surface area (TPSA) is 124 Å². The number of H-pyrrole nitrogens is 1. The predicted octanol–water partition coefficient (Wildman–Crippen LogP) is 3.72. The molecule has 3 aliphatic rings. The van der Waals surface area contributed by atoms with Gasteiger partial charge in [0, 0.05) is 48.6 Å². The fourth-order valence-corrected chi connectivity index (χ4v) is 6.66. The average Bonchev–Trinajstić information content (AvgIpc) is 3.63. The number of hydrogen-bond acceptors (Lipinski definition) is 9. The summed E-state index contributed by atoms with van der Waals surface area (Å²) < 4.78 is 12.7. The average molecular weight is 591 g/mol. The lowest BCUT2D eigenvalue weighted by atomic mass is 9.95. The molecule has 2 aromatic heterocycles. The number of likely N-dealkylation sites (N-methyl/N-ethyl adjacent to an activating group) is 1. The summed E-state index contributed by atoms with van der Waals surface area (Å²) in [5, 5.41) is 18.4. The Bertz CT molecular complexity index is 1550. The summed E-state index contributed by atoms with van der Waals surface area (Å²) in [6, 6.07) is 4.59. The second-order valence-corrected chi connectivity index (χ2v) is 11.7. The quantitative estimate of drug-likeness (QED) is 0.410. The van der Waals surface area contributed by atoms with Crippen molar-refractivity contribution in [1.82, 2.24) is 30.0 Å². The number of aromatic nitrogens is 4. The Kier molecular flexibility index (Phi) is 8.03. The molecule has 3 aromatic rings. The molecular formula is C30H35ClN8O3. The van der Waals surface area contributed by atoms with Gasteiger partial charge in [0.1, 0.15) is 12.4 Å². The monoisotopic (exact) mass is 590 g/mol. The van der Waals surface area contributed by atoms with Crippen molar-refractivity contribution in [3.05, 3.63) is 52.3 Å². The largest absolute Gasteiger partial charge is 0.462 e. The van der Waals surface area contributed by atoms with Crippen LogP contribution in [0.3, 0.4) is 0 Å². The highest BCUT2D eigenvalue weighted by molar-refractivity contribution is 6.33. The number of rotatable bonds is 7. The molecule has 0 aliphatic carbocycles. The number of nitrogens with one attached hydrogen (secondary N) is 1. The van der Waals surface area contributed by atoms with Gasteiger partial charge in [-0.2, -0.15) is 20.3 Å². The van der Waals surface area contributed by atoms with Crippen LogP contribution in [0, 0.1) is 18.3 Å². The van der Waals surface area contributed by atoms with Gasteiger partial charge in [-0.1, -0.05) is 18.2 Å². The maximum absolute atomic E-state index is 12.5. The Labute approximate surface area is 250 Å². The molecule has 2 saturated heterocycles. The molecule has 6 rings (SSSR count). The molecule has 1 amide bonds. The van der Waals surface area contributed by atoms with Gasteiger partial charge in [0.05, 0.1) is 53.7 Å². The van der Waals surface area contributed by atoms with Crippen molar-refractivity contribution in [3.63, 3.8) is 0 Å². The number of nitrogens with zero attached hydrogens (tertiary/aromatic N) is 7. The van der Waals surface area contributed by atoms with E-state index in [1.165, 1.54) is 6.08 Å². The van der Waals surface area contributed by atoms with E-state index in [4.69, 9.17) is 31.0 Å². The summed E-state index contributed by atoms with van der Waals surface area (Å²) >= 11 is 6.85. The van der Waals surface area contributed by atoms with Crippen molar-refractivity contribution < 1.29 is 14.3 Å². The number of likely N-dealkylation sites (tertiary alicyclic amines) is 1. The van der Waals surface area contributed by atoms with E-state index in [9.17, 15) is 10.1 Å². The first kappa shape index (κ1) is 28.4. The normalized spacial score (nSPS) is 22.7. The first-order valence-electron chi connectivity index (χ1n) is 14.4. The van der Waals surface area contributed by atoms with Gasteiger partial charge >= 0.3 is 6.01 Å². The van der Waals surface area contributed by atoms with E-state index < -0.39 is 0 Å². The number of anilines is 1. The second-order valence-electron chi connectivity index (χ2n) is 11.3. The van der Waals surface area contributed by atoms with Crippen LogP contribution in [0.4, 0.5) is 5.82 Å². The number of ether oxygens (including phenoxy) is 2. The highest BCUT2D eigenvalue weighted by Gasteiger charge is 2.35. The van der Waals surface area contributed by atoms with Gasteiger partial charge in [0.25, 0.3) is 0 Å². The molecule has 42 heavy (non-hydrogen) atoms. The number of halogens is 1. The van der Waals surface area contributed by atoms with Crippen molar-refractivity contribution in [2.75, 3.05) is 44.7 Å². The van der Waals surface area contributed by atoms with E-state index in [1.807, 2.05) is 13.0 Å². The summed E-state index contributed by atoms with van der Waals surface area (Å²) in [5.41, 5.74) is 4.49. The van der Waals surface area contributed by atoms with Crippen LogP contribution in [0.15, 0.2) is 24.9 Å². The molecule has 3 atom stereocenters. The highest BCUT2D eigenvalue weighted by Crippen LogP contribution is 2.41. The minimum atomic E-state index is -0.324. The van der Waals surface area contributed by atoms with Gasteiger partial charge in [-0.25, -0.2) is 0 Å². The number of aromatic amines is 1. The molecule has 1 N–H and O–H groups in total. The van der Waals surface area contributed by atoms with Crippen molar-refractivity contribution in [3.8, 4) is 12.1 Å². The Morgan fingerprint density at radius 1 is 1.33 bits per heavy atom. The summed E-state index contributed by atoms with van der Waals surface area (Å²) in [7, 11) is 2.11. The number of aryl methyl sites for hydroxylation is 1. The molecule has 3 aliphatic heterocycles. The van der Waals surface area contributed by atoms with E-state index in [-0.39, 0.29) is 24.5 Å². The van der Waals surface area contributed by atoms with Gasteiger partial charge in [0.2, 0.25) is 5.91 Å². The predicted molar refractivity (Wildman–Crippen MR) is 158 cm³/mol. The first-order valence-corrected chi connectivity index (χ1v) is 14.8. The minimum absolute atomic E-state index is 0.170. The van der Waals surface area contributed by atoms with Crippen molar-refractivity contribution in [2.45, 2.75) is 57.4 Å². The van der Waals surface area contributed by atoms with Crippen LogP contribution >= 0.6 is 11.6 Å². The Balaban J connectivity index is 1.35. The fourth-order valence-electron chi connectivity index (χ4n) is 6.38. The molecule has 1 unspecified atom stereocenters. The molecule has 5 heterocycles. The van der Waals surface area contributed by atoms with Gasteiger partial charge in [0.15, 0.2) is 0 Å². The van der Waals surface area contributed by atoms with E-state index in [1.54, 1.807) is 11.1 Å². The lowest BCUT2D eigenvalue weighted by Gasteiger charge is -2.42. The van der Waals surface area contributed by atoms with Crippen molar-refractivity contribution in [2.24, 2.45) is 0 Å². The number of carbonyl (C=O) groups excluding carboxylic acids is 1. The molecule has 0 saturated carbocycles. The number of fused-ring (bicyclic) bond motifs is 2. The van der Waals surface area contributed by atoms with Crippen LogP contribution in [0.2, 0.25) is 5.02 Å². The molecule has 0 spiro atoms. The number of benzene rings is 1. The number of piperazine rings is 1. The SMILES string of the molecule is C=CC(=O)N1CCN(c2nc(OC[C@@H]3CCCN3C)nc3c2COC(c2c(Cl)c(C)cc4[nH]ncc24)C3)C[C@@H]1CC#N. The Morgan fingerprint density at radius 3 is 2.95 bits per heavy atom. The van der Waals surface area contributed by atoms with E-state index in [0.29, 0.717) is 56.3 Å². The third kappa shape index (κ3) is 5.30. The number of amides is 1. The van der Waals surface area contributed by atoms with Crippen LogP contribution in [-0.4, -0.2) is 87.8 Å². The summed E-state index contributed by atoms with van der Waals surface area (Å²) in [6.45, 7) is 8.93. The summed E-state index contributed by atoms with van der Waals surface area (Å²) in [6.07, 6.45) is 5.69. The number of carbonyl (C=O) groups is 1. The molecule has 11 nitrogen and oxygen atoms in total. The lowest BCUT2D eigenvalue weighted by molar-refractivity contribution is -0.128. The standard InChI is InChI=1S/C30H35ClN8O3/c1-4-26(40)39-11-10-38(15-19(39)7-8-32)29-22-17-41-25(27-21-14-33-36-24(21)12-18(2)28(27)31)13-23(22)34-30(35-29)42-16-20-6-5-9-37(20)3/h4,12,14,19-20,25H,1,5-7,9-11,13,15-17H2,2-3H3,(H,33,36)/t19-,20-,25?/m0/s1. The zero-order chi connectivity index (χ0) is 29.4. The van der Waals surface area contributed by atoms with Gasteiger partial charge in [-0.05, 0) is 51.1 Å². The van der Waals surface area contributed by atoms with Gasteiger partial charge in [-0.15, -0.1) is 0 Å². The van der Waals surface area contributed by atoms with Gasteiger partial charge < -0.3 is 24.2 Å². The molecule has 1 aromatic carbocycles. The van der Waals surface area contributed by atoms with Crippen LogP contribution in [0.25, 0.3) is 10.9 Å². The molecule has 0 bridgehead atoms. The molecule has 0 radical (unpaired) electrons. The Hall–Kier alpha value is -3.72. The first-order chi connectivity index (χ1) is 20.4. The van der Waals surface area contributed by atoms with Crippen molar-refractivity contribution in [1.29, 1.82) is 5.26 Å². The maximum atomic E-state index is 12.5. The zero-order valence-electron chi connectivity index (χ0n) is 24.0. The highest BCUT2D eigenvalue weighted by atomic mass is 35.5. The summed E-state index contributed by atoms with van der Waals surface area (Å²) in [4.78, 5) is 28.5. The fraction of sp³-hybridized carbons (Fsp3) is 0.500. The molecule has 12 heteroatoms. The van der Waals surface area contributed by atoms with Gasteiger partial charge in [-0.3, -0.25) is 9.89 Å². The van der Waals surface area contributed by atoms with Crippen molar-refractivity contribution >= 4 is 34.2 Å². The summed E-state index contributed by atoms with van der Waals surface area (Å²) in [5.74, 6) is 0.557. The molecular weight excluding hydrogens is 556 g/mol. The van der Waals surface area contributed by atoms with E-state index in [0.717, 1.165) is 58.5 Å². The smallest absolute Gasteiger partial charge is 0.318 e. The lowest BCUT2D eigenvalue weighted by Crippen LogP contribution is -2.55. The minimum Gasteiger partial charge on any atom is -0.462 e. The van der Waals surface area contributed by atoms with Crippen LogP contribution in [0.5, 0.6) is 6.01 Å². The molecule has 2 fully saturated rings. The number of nitriles is 1.